The smallest absolute Gasteiger partial charge is 0.171 e. The van der Waals surface area contributed by atoms with Crippen LogP contribution in [0.2, 0.25) is 5.02 Å². The molecule has 0 aliphatic carbocycles. The van der Waals surface area contributed by atoms with E-state index in [1.54, 1.807) is 42.6 Å². The minimum Gasteiger partial charge on any atom is -0.492 e. The van der Waals surface area contributed by atoms with E-state index in [2.05, 4.69) is 4.98 Å². The average Bonchev–Trinajstić information content (AvgIpc) is 2.70. The molecule has 0 unspecified atom stereocenters. The van der Waals surface area contributed by atoms with Gasteiger partial charge in [-0.25, -0.2) is 4.98 Å². The van der Waals surface area contributed by atoms with Gasteiger partial charge in [-0.2, -0.15) is 0 Å². The van der Waals surface area contributed by atoms with Gasteiger partial charge in [-0.3, -0.25) is 4.79 Å². The molecule has 0 saturated carbocycles. The SMILES string of the molecule is CN(CCOc1ccc(C=O)cc1)c1ncccc1Oc1ccc(Cl)cc1. The topological polar surface area (TPSA) is 51.7 Å². The van der Waals surface area contributed by atoms with Gasteiger partial charge in [0.1, 0.15) is 24.4 Å². The zero-order chi connectivity index (χ0) is 19.1. The van der Waals surface area contributed by atoms with Gasteiger partial charge in [0.05, 0.1) is 6.54 Å². The van der Waals surface area contributed by atoms with Crippen LogP contribution in [0.5, 0.6) is 17.2 Å². The van der Waals surface area contributed by atoms with Crippen molar-refractivity contribution >= 4 is 23.7 Å². The zero-order valence-corrected chi connectivity index (χ0v) is 15.6. The van der Waals surface area contributed by atoms with Crippen LogP contribution in [0.15, 0.2) is 66.9 Å². The Morgan fingerprint density at radius 1 is 1.04 bits per heavy atom. The van der Waals surface area contributed by atoms with E-state index in [9.17, 15) is 4.79 Å². The van der Waals surface area contributed by atoms with Crippen molar-refractivity contribution in [3.05, 3.63) is 77.4 Å². The first-order valence-electron chi connectivity index (χ1n) is 8.43. The average molecular weight is 383 g/mol. The van der Waals surface area contributed by atoms with Gasteiger partial charge in [0.25, 0.3) is 0 Å². The Hall–Kier alpha value is -3.05. The van der Waals surface area contributed by atoms with E-state index < -0.39 is 0 Å². The van der Waals surface area contributed by atoms with Crippen molar-refractivity contribution in [2.45, 2.75) is 0 Å². The van der Waals surface area contributed by atoms with E-state index >= 15 is 0 Å². The number of carbonyl (C=O) groups is 1. The maximum atomic E-state index is 10.7. The number of likely N-dealkylation sites (N-methyl/N-ethyl adjacent to an activating group) is 1. The van der Waals surface area contributed by atoms with Crippen LogP contribution in [0, 0.1) is 0 Å². The zero-order valence-electron chi connectivity index (χ0n) is 14.8. The number of rotatable bonds is 8. The first-order valence-corrected chi connectivity index (χ1v) is 8.81. The van der Waals surface area contributed by atoms with Gasteiger partial charge in [-0.05, 0) is 60.7 Å². The Balaban J connectivity index is 1.61. The second-order valence-electron chi connectivity index (χ2n) is 5.84. The third-order valence-corrected chi connectivity index (χ3v) is 4.12. The molecule has 3 aromatic rings. The van der Waals surface area contributed by atoms with Crippen LogP contribution >= 0.6 is 11.6 Å². The first kappa shape index (κ1) is 18.7. The highest BCUT2D eigenvalue weighted by molar-refractivity contribution is 6.30. The Morgan fingerprint density at radius 3 is 2.44 bits per heavy atom. The fraction of sp³-hybridized carbons (Fsp3) is 0.143. The fourth-order valence-electron chi connectivity index (χ4n) is 2.43. The molecular weight excluding hydrogens is 364 g/mol. The highest BCUT2D eigenvalue weighted by atomic mass is 35.5. The molecule has 2 aromatic carbocycles. The number of aromatic nitrogens is 1. The fourth-order valence-corrected chi connectivity index (χ4v) is 2.55. The molecule has 0 N–H and O–H groups in total. The molecule has 0 atom stereocenters. The molecule has 1 aromatic heterocycles. The number of nitrogens with zero attached hydrogens (tertiary/aromatic N) is 2. The second kappa shape index (κ2) is 9.05. The molecule has 138 valence electrons. The van der Waals surface area contributed by atoms with Gasteiger partial charge < -0.3 is 14.4 Å². The summed E-state index contributed by atoms with van der Waals surface area (Å²) in [5.74, 6) is 2.77. The molecule has 0 radical (unpaired) electrons. The molecule has 5 nitrogen and oxygen atoms in total. The molecule has 0 amide bonds. The number of aldehydes is 1. The molecular formula is C21H19ClN2O3. The Bertz CT molecular complexity index is 883. The lowest BCUT2D eigenvalue weighted by Gasteiger charge is -2.21. The van der Waals surface area contributed by atoms with Crippen LogP contribution in [0.4, 0.5) is 5.82 Å². The van der Waals surface area contributed by atoms with Crippen molar-refractivity contribution in [1.29, 1.82) is 0 Å². The van der Waals surface area contributed by atoms with Crippen LogP contribution in [0.3, 0.4) is 0 Å². The number of hydrogen-bond donors (Lipinski definition) is 0. The lowest BCUT2D eigenvalue weighted by molar-refractivity contribution is 0.112. The van der Waals surface area contributed by atoms with Gasteiger partial charge >= 0.3 is 0 Å². The molecule has 0 fully saturated rings. The van der Waals surface area contributed by atoms with Gasteiger partial charge in [0.2, 0.25) is 0 Å². The van der Waals surface area contributed by atoms with Gasteiger partial charge in [-0.15, -0.1) is 0 Å². The minimum absolute atomic E-state index is 0.466. The van der Waals surface area contributed by atoms with Crippen LogP contribution in [-0.4, -0.2) is 31.5 Å². The van der Waals surface area contributed by atoms with E-state index in [1.807, 2.05) is 36.2 Å². The summed E-state index contributed by atoms with van der Waals surface area (Å²) < 4.78 is 11.7. The van der Waals surface area contributed by atoms with Crippen molar-refractivity contribution in [2.24, 2.45) is 0 Å². The number of anilines is 1. The summed E-state index contributed by atoms with van der Waals surface area (Å²) in [5, 5.41) is 0.657. The summed E-state index contributed by atoms with van der Waals surface area (Å²) >= 11 is 5.91. The quantitative estimate of drug-likeness (QED) is 0.521. The molecule has 3 rings (SSSR count). The minimum atomic E-state index is 0.466. The Labute approximate surface area is 163 Å². The molecule has 0 spiro atoms. The van der Waals surface area contributed by atoms with Crippen molar-refractivity contribution in [1.82, 2.24) is 4.98 Å². The first-order chi connectivity index (χ1) is 13.2. The van der Waals surface area contributed by atoms with Crippen molar-refractivity contribution in [3.63, 3.8) is 0 Å². The molecule has 0 bridgehead atoms. The van der Waals surface area contributed by atoms with E-state index in [0.29, 0.717) is 46.8 Å². The number of ether oxygens (including phenoxy) is 2. The summed E-state index contributed by atoms with van der Waals surface area (Å²) in [6.45, 7) is 1.08. The van der Waals surface area contributed by atoms with Crippen molar-refractivity contribution < 1.29 is 14.3 Å². The van der Waals surface area contributed by atoms with E-state index in [1.165, 1.54) is 0 Å². The Kier molecular flexibility index (Phi) is 6.28. The number of benzene rings is 2. The Morgan fingerprint density at radius 2 is 1.74 bits per heavy atom. The summed E-state index contributed by atoms with van der Waals surface area (Å²) in [5.41, 5.74) is 0.622. The molecule has 27 heavy (non-hydrogen) atoms. The lowest BCUT2D eigenvalue weighted by Crippen LogP contribution is -2.25. The molecule has 0 saturated heterocycles. The summed E-state index contributed by atoms with van der Waals surface area (Å²) in [7, 11) is 1.93. The number of hydrogen-bond acceptors (Lipinski definition) is 5. The van der Waals surface area contributed by atoms with Gasteiger partial charge in [-0.1, -0.05) is 11.6 Å². The van der Waals surface area contributed by atoms with Crippen LogP contribution in [0.25, 0.3) is 0 Å². The van der Waals surface area contributed by atoms with Crippen molar-refractivity contribution in [2.75, 3.05) is 25.1 Å². The summed E-state index contributed by atoms with van der Waals surface area (Å²) in [4.78, 5) is 17.1. The number of pyridine rings is 1. The predicted molar refractivity (Wildman–Crippen MR) is 106 cm³/mol. The normalized spacial score (nSPS) is 10.3. The molecule has 0 aliphatic rings. The van der Waals surface area contributed by atoms with Crippen LogP contribution in [-0.2, 0) is 0 Å². The highest BCUT2D eigenvalue weighted by Crippen LogP contribution is 2.30. The number of carbonyl (C=O) groups excluding carboxylic acids is 1. The monoisotopic (exact) mass is 382 g/mol. The van der Waals surface area contributed by atoms with E-state index in [4.69, 9.17) is 21.1 Å². The summed E-state index contributed by atoms with van der Waals surface area (Å²) in [6.07, 6.45) is 2.53. The molecule has 0 aliphatic heterocycles. The van der Waals surface area contributed by atoms with Crippen molar-refractivity contribution in [3.8, 4) is 17.2 Å². The van der Waals surface area contributed by atoms with Gasteiger partial charge in [0.15, 0.2) is 11.6 Å². The van der Waals surface area contributed by atoms with E-state index in [0.717, 1.165) is 6.29 Å². The second-order valence-corrected chi connectivity index (χ2v) is 6.27. The van der Waals surface area contributed by atoms with Crippen LogP contribution in [0.1, 0.15) is 10.4 Å². The van der Waals surface area contributed by atoms with E-state index in [-0.39, 0.29) is 0 Å². The third kappa shape index (κ3) is 5.21. The predicted octanol–water partition coefficient (Wildman–Crippen LogP) is 4.86. The van der Waals surface area contributed by atoms with Crippen LogP contribution < -0.4 is 14.4 Å². The molecule has 1 heterocycles. The number of halogens is 1. The standard InChI is InChI=1S/C21H19ClN2O3/c1-24(13-14-26-18-8-4-16(15-25)5-9-18)21-20(3-2-12-23-21)27-19-10-6-17(22)7-11-19/h2-12,15H,13-14H2,1H3. The third-order valence-electron chi connectivity index (χ3n) is 3.87. The molecule has 6 heteroatoms. The highest BCUT2D eigenvalue weighted by Gasteiger charge is 2.11. The lowest BCUT2D eigenvalue weighted by atomic mass is 10.2. The maximum absolute atomic E-state index is 10.7. The summed E-state index contributed by atoms with van der Waals surface area (Å²) in [6, 6.07) is 17.9. The largest absolute Gasteiger partial charge is 0.492 e. The van der Waals surface area contributed by atoms with Gasteiger partial charge in [0, 0.05) is 23.8 Å². The maximum Gasteiger partial charge on any atom is 0.171 e.